The Bertz CT molecular complexity index is 1230. The average Bonchev–Trinajstić information content (AvgIpc) is 3.25. The zero-order chi connectivity index (χ0) is 23.2. The maximum atomic E-state index is 12.5. The van der Waals surface area contributed by atoms with E-state index in [1.54, 1.807) is 4.80 Å². The van der Waals surface area contributed by atoms with Crippen molar-refractivity contribution in [2.24, 2.45) is 0 Å². The van der Waals surface area contributed by atoms with Gasteiger partial charge in [-0.05, 0) is 79.3 Å². The summed E-state index contributed by atoms with van der Waals surface area (Å²) in [7, 11) is 0. The molecule has 0 atom stereocenters. The maximum Gasteiger partial charge on any atom is 0.262 e. The molecule has 0 fully saturated rings. The third-order valence-corrected chi connectivity index (χ3v) is 5.69. The Morgan fingerprint density at radius 2 is 1.61 bits per heavy atom. The van der Waals surface area contributed by atoms with E-state index in [4.69, 9.17) is 4.74 Å². The Morgan fingerprint density at radius 3 is 2.27 bits per heavy atom. The zero-order valence-corrected chi connectivity index (χ0v) is 19.5. The lowest BCUT2D eigenvalue weighted by atomic mass is 10.1. The number of ether oxygens (including phenoxy) is 1. The number of benzene rings is 3. The first-order chi connectivity index (χ1) is 16.1. The number of rotatable bonds is 9. The van der Waals surface area contributed by atoms with Crippen LogP contribution in [0.2, 0.25) is 0 Å². The Kier molecular flexibility index (Phi) is 7.03. The smallest absolute Gasteiger partial charge is 0.262 e. The van der Waals surface area contributed by atoms with Crippen LogP contribution in [0.1, 0.15) is 43.4 Å². The van der Waals surface area contributed by atoms with E-state index in [-0.39, 0.29) is 12.5 Å². The monoisotopic (exact) mass is 442 g/mol. The van der Waals surface area contributed by atoms with E-state index in [0.29, 0.717) is 11.4 Å². The van der Waals surface area contributed by atoms with E-state index in [9.17, 15) is 4.79 Å². The summed E-state index contributed by atoms with van der Waals surface area (Å²) in [4.78, 5) is 14.1. The number of fused-ring (bicyclic) bond motifs is 1. The van der Waals surface area contributed by atoms with E-state index in [1.807, 2.05) is 55.5 Å². The van der Waals surface area contributed by atoms with Crippen LogP contribution in [0.5, 0.6) is 5.75 Å². The number of nitrogens with one attached hydrogen (secondary N) is 1. The minimum Gasteiger partial charge on any atom is -0.484 e. The van der Waals surface area contributed by atoms with Gasteiger partial charge in [0.15, 0.2) is 6.61 Å². The number of carbonyl (C=O) groups is 1. The normalized spacial score (nSPS) is 11.0. The molecule has 0 aliphatic carbocycles. The van der Waals surface area contributed by atoms with Gasteiger partial charge in [0, 0.05) is 5.69 Å². The Balaban J connectivity index is 1.44. The van der Waals surface area contributed by atoms with Crippen molar-refractivity contribution in [1.29, 1.82) is 0 Å². The van der Waals surface area contributed by atoms with E-state index >= 15 is 0 Å². The molecule has 170 valence electrons. The van der Waals surface area contributed by atoms with Crippen molar-refractivity contribution in [1.82, 2.24) is 15.0 Å². The van der Waals surface area contributed by atoms with Crippen LogP contribution >= 0.6 is 0 Å². The second-order valence-corrected chi connectivity index (χ2v) is 8.25. The molecule has 1 heterocycles. The zero-order valence-electron chi connectivity index (χ0n) is 19.5. The van der Waals surface area contributed by atoms with Crippen LogP contribution in [0.15, 0.2) is 60.7 Å². The highest BCUT2D eigenvalue weighted by Gasteiger charge is 2.11. The predicted molar refractivity (Wildman–Crippen MR) is 132 cm³/mol. The molecule has 4 aromatic rings. The number of hydrogen-bond acceptors (Lipinski definition) is 4. The molecular weight excluding hydrogens is 412 g/mol. The molecule has 0 bridgehead atoms. The topological polar surface area (TPSA) is 69.0 Å². The second kappa shape index (κ2) is 10.3. The number of aromatic nitrogens is 3. The van der Waals surface area contributed by atoms with E-state index in [1.165, 1.54) is 24.0 Å². The number of carbonyl (C=O) groups excluding carboxylic acids is 1. The fourth-order valence-electron chi connectivity index (χ4n) is 3.65. The van der Waals surface area contributed by atoms with Crippen molar-refractivity contribution in [2.75, 3.05) is 11.9 Å². The lowest BCUT2D eigenvalue weighted by molar-refractivity contribution is -0.118. The predicted octanol–water partition coefficient (Wildman–Crippen LogP) is 5.65. The largest absolute Gasteiger partial charge is 0.484 e. The first-order valence-corrected chi connectivity index (χ1v) is 11.5. The van der Waals surface area contributed by atoms with Crippen LogP contribution in [0, 0.1) is 6.92 Å². The summed E-state index contributed by atoms with van der Waals surface area (Å²) >= 11 is 0. The lowest BCUT2D eigenvalue weighted by Crippen LogP contribution is -2.20. The SMILES string of the molecule is CCCCc1ccc(-n2nc3cc(C)c(NC(=O)COc4ccc(CC)cc4)cc3n2)cc1. The number of aryl methyl sites for hydroxylation is 3. The highest BCUT2D eigenvalue weighted by molar-refractivity contribution is 5.95. The Morgan fingerprint density at radius 1 is 0.939 bits per heavy atom. The third kappa shape index (κ3) is 5.58. The molecule has 6 heteroatoms. The minimum atomic E-state index is -0.216. The molecular formula is C27H30N4O2. The van der Waals surface area contributed by atoms with Gasteiger partial charge in [0.2, 0.25) is 0 Å². The van der Waals surface area contributed by atoms with Gasteiger partial charge in [0.05, 0.1) is 5.69 Å². The fourth-order valence-corrected chi connectivity index (χ4v) is 3.65. The molecule has 1 N–H and O–H groups in total. The van der Waals surface area contributed by atoms with Gasteiger partial charge in [-0.3, -0.25) is 4.79 Å². The van der Waals surface area contributed by atoms with Gasteiger partial charge in [0.1, 0.15) is 16.8 Å². The summed E-state index contributed by atoms with van der Waals surface area (Å²) in [6.45, 7) is 6.19. The summed E-state index contributed by atoms with van der Waals surface area (Å²) in [6.07, 6.45) is 4.43. The fraction of sp³-hybridized carbons (Fsp3) is 0.296. The Labute approximate surface area is 194 Å². The molecule has 6 nitrogen and oxygen atoms in total. The van der Waals surface area contributed by atoms with Crippen LogP contribution in [-0.4, -0.2) is 27.5 Å². The molecule has 33 heavy (non-hydrogen) atoms. The van der Waals surface area contributed by atoms with Crippen molar-refractivity contribution in [3.63, 3.8) is 0 Å². The summed E-state index contributed by atoms with van der Waals surface area (Å²) in [5.74, 6) is 0.463. The molecule has 0 saturated heterocycles. The molecule has 3 aromatic carbocycles. The molecule has 1 aromatic heterocycles. The summed E-state index contributed by atoms with van der Waals surface area (Å²) < 4.78 is 5.62. The quantitative estimate of drug-likeness (QED) is 0.364. The molecule has 0 unspecified atom stereocenters. The van der Waals surface area contributed by atoms with Gasteiger partial charge in [-0.15, -0.1) is 10.2 Å². The van der Waals surface area contributed by atoms with Crippen molar-refractivity contribution in [2.45, 2.75) is 46.5 Å². The Hall–Kier alpha value is -3.67. The highest BCUT2D eigenvalue weighted by Crippen LogP contribution is 2.22. The van der Waals surface area contributed by atoms with E-state index in [2.05, 4.69) is 41.5 Å². The van der Waals surface area contributed by atoms with Gasteiger partial charge in [-0.2, -0.15) is 4.80 Å². The molecule has 0 spiro atoms. The first kappa shape index (κ1) is 22.5. The van der Waals surface area contributed by atoms with Crippen molar-refractivity contribution in [3.8, 4) is 11.4 Å². The number of amides is 1. The van der Waals surface area contributed by atoms with E-state index in [0.717, 1.165) is 35.1 Å². The van der Waals surface area contributed by atoms with Crippen LogP contribution in [0.4, 0.5) is 5.69 Å². The van der Waals surface area contributed by atoms with Gasteiger partial charge < -0.3 is 10.1 Å². The summed E-state index contributed by atoms with van der Waals surface area (Å²) in [5, 5.41) is 12.2. The van der Waals surface area contributed by atoms with Crippen molar-refractivity contribution in [3.05, 3.63) is 77.4 Å². The van der Waals surface area contributed by atoms with Crippen molar-refractivity contribution < 1.29 is 9.53 Å². The molecule has 1 amide bonds. The molecule has 0 aliphatic heterocycles. The van der Waals surface area contributed by atoms with Crippen LogP contribution in [0.3, 0.4) is 0 Å². The summed E-state index contributed by atoms with van der Waals surface area (Å²) in [5.41, 5.74) is 6.61. The van der Waals surface area contributed by atoms with Crippen molar-refractivity contribution >= 4 is 22.6 Å². The van der Waals surface area contributed by atoms with Gasteiger partial charge in [-0.25, -0.2) is 0 Å². The van der Waals surface area contributed by atoms with Gasteiger partial charge in [0.25, 0.3) is 5.91 Å². The minimum absolute atomic E-state index is 0.0555. The maximum absolute atomic E-state index is 12.5. The third-order valence-electron chi connectivity index (χ3n) is 5.69. The van der Waals surface area contributed by atoms with E-state index < -0.39 is 0 Å². The lowest BCUT2D eigenvalue weighted by Gasteiger charge is -2.10. The number of hydrogen-bond donors (Lipinski definition) is 1. The van der Waals surface area contributed by atoms with Gasteiger partial charge >= 0.3 is 0 Å². The van der Waals surface area contributed by atoms with Crippen LogP contribution in [-0.2, 0) is 17.6 Å². The van der Waals surface area contributed by atoms with Gasteiger partial charge in [-0.1, -0.05) is 44.5 Å². The molecule has 0 saturated carbocycles. The van der Waals surface area contributed by atoms with Crippen LogP contribution < -0.4 is 10.1 Å². The highest BCUT2D eigenvalue weighted by atomic mass is 16.5. The molecule has 4 rings (SSSR count). The second-order valence-electron chi connectivity index (χ2n) is 8.25. The molecule has 0 radical (unpaired) electrons. The number of unbranched alkanes of at least 4 members (excludes halogenated alkanes) is 1. The van der Waals surface area contributed by atoms with Crippen LogP contribution in [0.25, 0.3) is 16.7 Å². The first-order valence-electron chi connectivity index (χ1n) is 11.5. The molecule has 0 aliphatic rings. The number of anilines is 1. The summed E-state index contributed by atoms with van der Waals surface area (Å²) in [6, 6.07) is 19.9. The average molecular weight is 443 g/mol. The standard InChI is InChI=1S/C27H30N4O2/c1-4-6-7-21-8-12-22(13-9-21)31-29-25-16-19(3)24(17-26(25)30-31)28-27(32)18-33-23-14-10-20(5-2)11-15-23/h8-17H,4-7,18H2,1-3H3,(H,28,32). The number of nitrogens with zero attached hydrogens (tertiary/aromatic N) is 3.